The minimum Gasteiger partial charge on any atom is -0.384 e. The van der Waals surface area contributed by atoms with Crippen molar-refractivity contribution in [1.29, 1.82) is 0 Å². The third kappa shape index (κ3) is 4.48. The van der Waals surface area contributed by atoms with E-state index in [0.29, 0.717) is 18.1 Å². The summed E-state index contributed by atoms with van der Waals surface area (Å²) in [5.74, 6) is 0.932. The van der Waals surface area contributed by atoms with E-state index in [1.165, 1.54) is 0 Å². The predicted molar refractivity (Wildman–Crippen MR) is 56.3 cm³/mol. The van der Waals surface area contributed by atoms with Gasteiger partial charge in [0.15, 0.2) is 0 Å². The molecule has 0 aromatic carbocycles. The summed E-state index contributed by atoms with van der Waals surface area (Å²) in [5.41, 5.74) is 6.42. The summed E-state index contributed by atoms with van der Waals surface area (Å²) >= 11 is 0. The third-order valence-electron chi connectivity index (χ3n) is 1.92. The van der Waals surface area contributed by atoms with E-state index >= 15 is 0 Å². The first-order valence-corrected chi connectivity index (χ1v) is 5.10. The molecule has 16 heavy (non-hydrogen) atoms. The second kappa shape index (κ2) is 6.32. The Balaban J connectivity index is 2.44. The minimum absolute atomic E-state index is 0.178. The van der Waals surface area contributed by atoms with Crippen molar-refractivity contribution in [3.8, 4) is 0 Å². The average molecular weight is 231 g/mol. The van der Waals surface area contributed by atoms with Crippen LogP contribution in [0.4, 0.5) is 14.6 Å². The van der Waals surface area contributed by atoms with Crippen LogP contribution in [0.5, 0.6) is 0 Å². The Bertz CT molecular complexity index is 334. The maximum Gasteiger partial charge on any atom is 0.261 e. The van der Waals surface area contributed by atoms with E-state index in [2.05, 4.69) is 9.97 Å². The molecule has 1 aromatic heterocycles. The molecule has 0 amide bonds. The smallest absolute Gasteiger partial charge is 0.261 e. The maximum absolute atomic E-state index is 11.8. The number of aromatic nitrogens is 2. The van der Waals surface area contributed by atoms with Gasteiger partial charge in [0.25, 0.3) is 6.43 Å². The summed E-state index contributed by atoms with van der Waals surface area (Å²) in [5, 5.41) is 0. The highest BCUT2D eigenvalue weighted by atomic mass is 19.3. The van der Waals surface area contributed by atoms with Crippen LogP contribution in [0.25, 0.3) is 0 Å². The molecule has 0 aliphatic rings. The van der Waals surface area contributed by atoms with Gasteiger partial charge in [-0.3, -0.25) is 0 Å². The third-order valence-corrected chi connectivity index (χ3v) is 1.92. The number of hydrogen-bond donors (Lipinski definition) is 1. The van der Waals surface area contributed by atoms with Crippen molar-refractivity contribution in [3.63, 3.8) is 0 Å². The Morgan fingerprint density at radius 3 is 2.81 bits per heavy atom. The van der Waals surface area contributed by atoms with Gasteiger partial charge in [-0.25, -0.2) is 18.7 Å². The van der Waals surface area contributed by atoms with Gasteiger partial charge < -0.3 is 10.5 Å². The lowest BCUT2D eigenvalue weighted by molar-refractivity contribution is 0.0183. The Morgan fingerprint density at radius 1 is 1.44 bits per heavy atom. The molecule has 90 valence electrons. The lowest BCUT2D eigenvalue weighted by Crippen LogP contribution is -2.10. The molecule has 0 aliphatic heterocycles. The molecule has 2 N–H and O–H groups in total. The molecule has 0 saturated heterocycles. The van der Waals surface area contributed by atoms with Crippen LogP contribution in [-0.2, 0) is 17.6 Å². The standard InChI is InChI=1S/C10H15F2N3O/c1-2-7-5-9(13)15-10(14-7)3-4-16-6-8(11)12/h5,8H,2-4,6H2,1H3,(H2,13,14,15). The first kappa shape index (κ1) is 12.8. The van der Waals surface area contributed by atoms with Crippen LogP contribution in [0.15, 0.2) is 6.07 Å². The zero-order valence-electron chi connectivity index (χ0n) is 9.12. The zero-order chi connectivity index (χ0) is 12.0. The molecule has 0 bridgehead atoms. The summed E-state index contributed by atoms with van der Waals surface area (Å²) in [6, 6.07) is 1.70. The van der Waals surface area contributed by atoms with Gasteiger partial charge in [0.1, 0.15) is 18.2 Å². The maximum atomic E-state index is 11.8. The molecule has 0 saturated carbocycles. The van der Waals surface area contributed by atoms with Crippen molar-refractivity contribution < 1.29 is 13.5 Å². The molecular weight excluding hydrogens is 216 g/mol. The lowest BCUT2D eigenvalue weighted by Gasteiger charge is -2.05. The summed E-state index contributed by atoms with van der Waals surface area (Å²) in [6.45, 7) is 1.58. The van der Waals surface area contributed by atoms with Crippen LogP contribution in [0.3, 0.4) is 0 Å². The van der Waals surface area contributed by atoms with Gasteiger partial charge in [0.05, 0.1) is 6.61 Å². The Labute approximate surface area is 92.8 Å². The van der Waals surface area contributed by atoms with Crippen LogP contribution in [0, 0.1) is 0 Å². The van der Waals surface area contributed by atoms with E-state index in [-0.39, 0.29) is 6.61 Å². The Morgan fingerprint density at radius 2 is 2.19 bits per heavy atom. The van der Waals surface area contributed by atoms with E-state index in [4.69, 9.17) is 10.5 Å². The molecule has 1 rings (SSSR count). The Hall–Kier alpha value is -1.30. The Kier molecular flexibility index (Phi) is 5.04. The zero-order valence-corrected chi connectivity index (χ0v) is 9.12. The monoisotopic (exact) mass is 231 g/mol. The van der Waals surface area contributed by atoms with Crippen molar-refractivity contribution in [2.75, 3.05) is 18.9 Å². The van der Waals surface area contributed by atoms with E-state index in [9.17, 15) is 8.78 Å². The number of nitrogens with two attached hydrogens (primary N) is 1. The summed E-state index contributed by atoms with van der Waals surface area (Å²) < 4.78 is 28.3. The van der Waals surface area contributed by atoms with Gasteiger partial charge in [-0.2, -0.15) is 0 Å². The van der Waals surface area contributed by atoms with Gasteiger partial charge in [-0.05, 0) is 6.42 Å². The van der Waals surface area contributed by atoms with Crippen LogP contribution >= 0.6 is 0 Å². The fourth-order valence-electron chi connectivity index (χ4n) is 1.20. The number of nitrogen functional groups attached to an aromatic ring is 1. The highest BCUT2D eigenvalue weighted by Gasteiger charge is 2.04. The molecule has 0 unspecified atom stereocenters. The average Bonchev–Trinajstić information content (AvgIpc) is 2.23. The molecular formula is C10H15F2N3O. The second-order valence-electron chi connectivity index (χ2n) is 3.27. The number of aryl methyl sites for hydroxylation is 1. The second-order valence-corrected chi connectivity index (χ2v) is 3.27. The van der Waals surface area contributed by atoms with Crippen molar-refractivity contribution in [3.05, 3.63) is 17.6 Å². The fraction of sp³-hybridized carbons (Fsp3) is 0.600. The van der Waals surface area contributed by atoms with Crippen molar-refractivity contribution in [2.24, 2.45) is 0 Å². The quantitative estimate of drug-likeness (QED) is 0.753. The lowest BCUT2D eigenvalue weighted by atomic mass is 10.3. The minimum atomic E-state index is -2.44. The van der Waals surface area contributed by atoms with E-state index in [1.807, 2.05) is 6.92 Å². The van der Waals surface area contributed by atoms with Crippen molar-refractivity contribution in [2.45, 2.75) is 26.2 Å². The van der Waals surface area contributed by atoms with Crippen LogP contribution in [-0.4, -0.2) is 29.6 Å². The molecule has 6 heteroatoms. The molecule has 0 radical (unpaired) electrons. The molecule has 0 spiro atoms. The van der Waals surface area contributed by atoms with Crippen molar-refractivity contribution in [1.82, 2.24) is 9.97 Å². The van der Waals surface area contributed by atoms with Gasteiger partial charge in [0.2, 0.25) is 0 Å². The van der Waals surface area contributed by atoms with Gasteiger partial charge in [-0.15, -0.1) is 0 Å². The molecule has 0 aliphatic carbocycles. The highest BCUT2D eigenvalue weighted by molar-refractivity contribution is 5.29. The van der Waals surface area contributed by atoms with Crippen LogP contribution in [0.1, 0.15) is 18.4 Å². The number of ether oxygens (including phenoxy) is 1. The number of alkyl halides is 2. The predicted octanol–water partition coefficient (Wildman–Crippen LogP) is 1.45. The van der Waals surface area contributed by atoms with E-state index < -0.39 is 13.0 Å². The molecule has 1 aromatic rings. The summed E-state index contributed by atoms with van der Waals surface area (Å²) in [7, 11) is 0. The van der Waals surface area contributed by atoms with E-state index in [1.54, 1.807) is 6.07 Å². The van der Waals surface area contributed by atoms with Crippen LogP contribution < -0.4 is 5.73 Å². The molecule has 4 nitrogen and oxygen atoms in total. The number of anilines is 1. The number of nitrogens with zero attached hydrogens (tertiary/aromatic N) is 2. The van der Waals surface area contributed by atoms with Crippen LogP contribution in [0.2, 0.25) is 0 Å². The van der Waals surface area contributed by atoms with Gasteiger partial charge in [-0.1, -0.05) is 6.92 Å². The fourth-order valence-corrected chi connectivity index (χ4v) is 1.20. The first-order valence-electron chi connectivity index (χ1n) is 5.10. The number of rotatable bonds is 6. The molecule has 0 fully saturated rings. The first-order chi connectivity index (χ1) is 7.61. The summed E-state index contributed by atoms with van der Waals surface area (Å²) in [4.78, 5) is 8.21. The largest absolute Gasteiger partial charge is 0.384 e. The molecule has 1 heterocycles. The molecule has 0 atom stereocenters. The number of halogens is 2. The topological polar surface area (TPSA) is 61.0 Å². The highest BCUT2D eigenvalue weighted by Crippen LogP contribution is 2.04. The number of hydrogen-bond acceptors (Lipinski definition) is 4. The SMILES string of the molecule is CCc1cc(N)nc(CCOCC(F)F)n1. The van der Waals surface area contributed by atoms with E-state index in [0.717, 1.165) is 12.1 Å². The van der Waals surface area contributed by atoms with Gasteiger partial charge >= 0.3 is 0 Å². The van der Waals surface area contributed by atoms with Crippen molar-refractivity contribution >= 4 is 5.82 Å². The summed E-state index contributed by atoms with van der Waals surface area (Å²) in [6.07, 6.45) is -1.28. The normalized spacial score (nSPS) is 11.0. The van der Waals surface area contributed by atoms with Gasteiger partial charge in [0, 0.05) is 18.2 Å².